The largest absolute Gasteiger partial charge is 0.394 e. The van der Waals surface area contributed by atoms with Crippen molar-refractivity contribution in [2.45, 2.75) is 54.5 Å². The first kappa shape index (κ1) is 30.2. The number of thioether (sulfide) groups is 1. The second-order valence-corrected chi connectivity index (χ2v) is 11.9. The predicted octanol–water partition coefficient (Wildman–Crippen LogP) is 4.25. The number of hydrogen-bond donors (Lipinski definition) is 4. The van der Waals surface area contributed by atoms with Crippen LogP contribution in [0.3, 0.4) is 0 Å². The molecule has 42 heavy (non-hydrogen) atoms. The maximum atomic E-state index is 13.8. The molecule has 0 unspecified atom stereocenters. The van der Waals surface area contributed by atoms with Crippen LogP contribution in [0, 0.1) is 17.5 Å². The molecule has 0 bridgehead atoms. The number of halogens is 3. The Morgan fingerprint density at radius 2 is 1.60 bits per heavy atom. The molecule has 6 atom stereocenters. The van der Waals surface area contributed by atoms with Gasteiger partial charge in [0, 0.05) is 5.56 Å². The van der Waals surface area contributed by atoms with Crippen molar-refractivity contribution < 1.29 is 38.3 Å². The summed E-state index contributed by atoms with van der Waals surface area (Å²) in [6, 6.07) is 17.5. The smallest absolute Gasteiger partial charge is 0.194 e. The molecule has 1 fully saturated rings. The Balaban J connectivity index is 1.49. The number of aliphatic hydroxyl groups excluding tert-OH is 3. The maximum absolute atomic E-state index is 13.8. The zero-order valence-corrected chi connectivity index (χ0v) is 23.5. The fraction of sp³-hybridized carbons (Fsp3) is 0.333. The molecule has 222 valence electrons. The summed E-state index contributed by atoms with van der Waals surface area (Å²) >= 11 is 1.12. The number of ether oxygens (including phenoxy) is 1. The minimum atomic E-state index is -1.62. The summed E-state index contributed by atoms with van der Waals surface area (Å²) in [4.78, 5) is 0. The Kier molecular flexibility index (Phi) is 8.74. The Morgan fingerprint density at radius 3 is 2.24 bits per heavy atom. The standard InChI is InChI=1S/C30H30F3N3O5S/c1-30(2,40)28(19-11-7-6-10-18(19)16-8-4-3-5-9-16)42-29-27(39)25(26(38)23(15-37)41-29)36-14-22(34-35-36)17-12-20(31)24(33)21(32)13-17/h3-14,23,25-29,37-40H,15H2,1-2H3/t23-,25+,26+,27-,28-,29+/m1/s1. The number of nitrogens with zero attached hydrogens (tertiary/aromatic N) is 3. The molecule has 8 nitrogen and oxygen atoms in total. The first-order valence-electron chi connectivity index (χ1n) is 13.2. The van der Waals surface area contributed by atoms with Crippen molar-refractivity contribution in [3.05, 3.63) is 95.9 Å². The summed E-state index contributed by atoms with van der Waals surface area (Å²) in [6.45, 7) is 2.69. The van der Waals surface area contributed by atoms with Crippen molar-refractivity contribution in [1.82, 2.24) is 15.0 Å². The van der Waals surface area contributed by atoms with E-state index in [1.54, 1.807) is 13.8 Å². The first-order chi connectivity index (χ1) is 20.0. The molecule has 2 heterocycles. The fourth-order valence-corrected chi connectivity index (χ4v) is 6.59. The van der Waals surface area contributed by atoms with E-state index in [1.807, 2.05) is 54.6 Å². The molecule has 5 rings (SSSR count). The predicted molar refractivity (Wildman–Crippen MR) is 151 cm³/mol. The van der Waals surface area contributed by atoms with E-state index in [-0.39, 0.29) is 11.3 Å². The third-order valence-corrected chi connectivity index (χ3v) is 8.94. The van der Waals surface area contributed by atoms with Crippen molar-refractivity contribution >= 4 is 11.8 Å². The Labute approximate surface area is 244 Å². The highest BCUT2D eigenvalue weighted by Gasteiger charge is 2.48. The minimum absolute atomic E-state index is 0.0328. The van der Waals surface area contributed by atoms with Crippen LogP contribution in [0.5, 0.6) is 0 Å². The molecule has 1 aliphatic rings. The van der Waals surface area contributed by atoms with Crippen LogP contribution in [-0.4, -0.2) is 71.4 Å². The lowest BCUT2D eigenvalue weighted by Crippen LogP contribution is -2.55. The molecule has 0 saturated carbocycles. The van der Waals surface area contributed by atoms with Crippen LogP contribution in [0.25, 0.3) is 22.4 Å². The molecule has 4 aromatic rings. The van der Waals surface area contributed by atoms with Crippen LogP contribution < -0.4 is 0 Å². The average molecular weight is 602 g/mol. The third-order valence-electron chi connectivity index (χ3n) is 7.18. The van der Waals surface area contributed by atoms with E-state index in [9.17, 15) is 33.6 Å². The van der Waals surface area contributed by atoms with E-state index in [1.165, 1.54) is 6.20 Å². The van der Waals surface area contributed by atoms with Gasteiger partial charge in [-0.1, -0.05) is 59.8 Å². The SMILES string of the molecule is CC(C)(O)[C@H](S[C@@H]1O[C@H](CO)[C@H](O)[C@H](n2cc(-c3cc(F)c(F)c(F)c3)nn2)[C@H]1O)c1ccccc1-c1ccccc1. The van der Waals surface area contributed by atoms with E-state index in [2.05, 4.69) is 10.3 Å². The van der Waals surface area contributed by atoms with Crippen molar-refractivity contribution in [3.63, 3.8) is 0 Å². The van der Waals surface area contributed by atoms with Gasteiger partial charge in [0.25, 0.3) is 0 Å². The van der Waals surface area contributed by atoms with Gasteiger partial charge in [-0.2, -0.15) is 0 Å². The average Bonchev–Trinajstić information content (AvgIpc) is 3.45. The van der Waals surface area contributed by atoms with Crippen molar-refractivity contribution in [2.24, 2.45) is 0 Å². The monoisotopic (exact) mass is 601 g/mol. The topological polar surface area (TPSA) is 121 Å². The van der Waals surface area contributed by atoms with Crippen LogP contribution in [0.1, 0.15) is 30.7 Å². The van der Waals surface area contributed by atoms with Crippen LogP contribution in [0.4, 0.5) is 13.2 Å². The van der Waals surface area contributed by atoms with Gasteiger partial charge in [-0.15, -0.1) is 16.9 Å². The molecule has 3 aromatic carbocycles. The summed E-state index contributed by atoms with van der Waals surface area (Å²) in [5.74, 6) is -4.44. The Morgan fingerprint density at radius 1 is 0.952 bits per heavy atom. The second-order valence-electron chi connectivity index (χ2n) is 10.7. The molecule has 0 amide bonds. The van der Waals surface area contributed by atoms with Gasteiger partial charge in [-0.05, 0) is 42.7 Å². The van der Waals surface area contributed by atoms with Crippen LogP contribution in [0.15, 0.2) is 72.9 Å². The number of benzene rings is 3. The minimum Gasteiger partial charge on any atom is -0.394 e. The zero-order chi connectivity index (χ0) is 30.2. The summed E-state index contributed by atoms with van der Waals surface area (Å²) in [5.41, 5.74) is 0.0764. The van der Waals surface area contributed by atoms with Gasteiger partial charge in [0.2, 0.25) is 0 Å². The maximum Gasteiger partial charge on any atom is 0.194 e. The molecule has 12 heteroatoms. The highest BCUT2D eigenvalue weighted by atomic mass is 32.2. The van der Waals surface area contributed by atoms with E-state index < -0.39 is 64.7 Å². The van der Waals surface area contributed by atoms with Crippen molar-refractivity contribution in [1.29, 1.82) is 0 Å². The lowest BCUT2D eigenvalue weighted by molar-refractivity contribution is -0.178. The van der Waals surface area contributed by atoms with Crippen LogP contribution >= 0.6 is 11.8 Å². The molecule has 1 saturated heterocycles. The molecule has 1 aliphatic heterocycles. The number of rotatable bonds is 8. The normalized spacial score (nSPS) is 23.6. The van der Waals surface area contributed by atoms with Gasteiger partial charge < -0.3 is 25.2 Å². The van der Waals surface area contributed by atoms with Gasteiger partial charge >= 0.3 is 0 Å². The Bertz CT molecular complexity index is 1510. The summed E-state index contributed by atoms with van der Waals surface area (Å²) in [6.07, 6.45) is -2.77. The third kappa shape index (κ3) is 5.96. The lowest BCUT2D eigenvalue weighted by Gasteiger charge is -2.44. The summed E-state index contributed by atoms with van der Waals surface area (Å²) in [5, 5.41) is 51.0. The molecule has 0 spiro atoms. The highest BCUT2D eigenvalue weighted by Crippen LogP contribution is 2.48. The van der Waals surface area contributed by atoms with Gasteiger partial charge in [0.05, 0.1) is 23.7 Å². The summed E-state index contributed by atoms with van der Waals surface area (Å²) < 4.78 is 48.2. The van der Waals surface area contributed by atoms with Crippen molar-refractivity contribution in [3.8, 4) is 22.4 Å². The zero-order valence-electron chi connectivity index (χ0n) is 22.7. The lowest BCUT2D eigenvalue weighted by atomic mass is 9.91. The molecule has 0 aliphatic carbocycles. The van der Waals surface area contributed by atoms with Gasteiger partial charge in [0.15, 0.2) is 17.5 Å². The second kappa shape index (κ2) is 12.2. The quantitative estimate of drug-likeness (QED) is 0.221. The van der Waals surface area contributed by atoms with Gasteiger partial charge in [0.1, 0.15) is 35.5 Å². The van der Waals surface area contributed by atoms with Gasteiger partial charge in [-0.3, -0.25) is 0 Å². The van der Waals surface area contributed by atoms with Crippen LogP contribution in [0.2, 0.25) is 0 Å². The molecule has 1 aromatic heterocycles. The van der Waals surface area contributed by atoms with Crippen molar-refractivity contribution in [2.75, 3.05) is 6.61 Å². The first-order valence-corrected chi connectivity index (χ1v) is 14.1. The van der Waals surface area contributed by atoms with Crippen LogP contribution in [-0.2, 0) is 4.74 Å². The van der Waals surface area contributed by atoms with E-state index in [0.717, 1.165) is 45.3 Å². The molecule has 0 radical (unpaired) electrons. The number of aromatic nitrogens is 3. The molecular formula is C30H30F3N3O5S. The molecule has 4 N–H and O–H groups in total. The Hall–Kier alpha value is -3.26. The van der Waals surface area contributed by atoms with Gasteiger partial charge in [-0.25, -0.2) is 17.9 Å². The summed E-state index contributed by atoms with van der Waals surface area (Å²) in [7, 11) is 0. The van der Waals surface area contributed by atoms with E-state index in [4.69, 9.17) is 4.74 Å². The molecular weight excluding hydrogens is 571 g/mol. The fourth-order valence-electron chi connectivity index (χ4n) is 5.11. The number of aliphatic hydroxyl groups is 4. The number of hydrogen-bond acceptors (Lipinski definition) is 8. The highest BCUT2D eigenvalue weighted by molar-refractivity contribution is 8.00. The van der Waals surface area contributed by atoms with E-state index in [0.29, 0.717) is 0 Å². The van der Waals surface area contributed by atoms with E-state index >= 15 is 0 Å².